The number of hydrogen-bond acceptors (Lipinski definition) is 6. The fourth-order valence-corrected chi connectivity index (χ4v) is 0. The molecule has 10 N–H and O–H groups in total. The minimum atomic E-state index is -0.833. The van der Waals surface area contributed by atoms with Crippen LogP contribution in [-0.4, -0.2) is 73.9 Å². The van der Waals surface area contributed by atoms with E-state index >= 15 is 0 Å². The third kappa shape index (κ3) is 2560. The number of carboxylic acids is 4. The van der Waals surface area contributed by atoms with E-state index in [-0.39, 0.29) is 41.9 Å². The summed E-state index contributed by atoms with van der Waals surface area (Å²) in [6.45, 7) is 4.33. The van der Waals surface area contributed by atoms with Crippen LogP contribution >= 0.6 is 0 Å². The Labute approximate surface area is 133 Å². The number of carboxylic acid groups (broad SMARTS) is 4. The van der Waals surface area contributed by atoms with Crippen molar-refractivity contribution < 1.29 is 39.6 Å². The van der Waals surface area contributed by atoms with Gasteiger partial charge in [0.1, 0.15) is 0 Å². The van der Waals surface area contributed by atoms with Gasteiger partial charge in [-0.05, 0) is 0 Å². The second-order valence-electron chi connectivity index (χ2n) is 2.08. The van der Waals surface area contributed by atoms with E-state index in [1.165, 1.54) is 0 Å². The van der Waals surface area contributed by atoms with Gasteiger partial charge >= 0.3 is 29.6 Å². The Hall–Kier alpha value is -1.20. The summed E-state index contributed by atoms with van der Waals surface area (Å²) < 4.78 is 0. The van der Waals surface area contributed by atoms with Crippen LogP contribution in [0.4, 0.5) is 0 Å². The first-order chi connectivity index (χ1) is 6.93. The Morgan fingerprint density at radius 1 is 0.526 bits per heavy atom. The summed E-state index contributed by atoms with van der Waals surface area (Å²) in [6, 6.07) is 0. The molecule has 114 valence electrons. The quantitative estimate of drug-likeness (QED) is 0.329. The molecule has 19 heavy (non-hydrogen) atoms. The van der Waals surface area contributed by atoms with Crippen molar-refractivity contribution in [3.63, 3.8) is 0 Å². The molecule has 0 saturated carbocycles. The molecule has 0 fully saturated rings. The zero-order valence-electron chi connectivity index (χ0n) is 10.8. The molecule has 10 nitrogen and oxygen atoms in total. The van der Waals surface area contributed by atoms with Crippen molar-refractivity contribution in [2.75, 3.05) is 0 Å². The summed E-state index contributed by atoms with van der Waals surface area (Å²) in [5.41, 5.74) is 0. The second-order valence-corrected chi connectivity index (χ2v) is 2.08. The summed E-state index contributed by atoms with van der Waals surface area (Å²) >= 11 is 0. The first-order valence-electron chi connectivity index (χ1n) is 3.71. The van der Waals surface area contributed by atoms with E-state index in [1.807, 2.05) is 0 Å². The van der Waals surface area contributed by atoms with Gasteiger partial charge in [0.05, 0.1) is 0 Å². The SMILES string of the molecule is CC(=O)O.CC(=O)O.CC(=O)O.CC(=O)O.N.N.[NaH]. The van der Waals surface area contributed by atoms with Gasteiger partial charge < -0.3 is 32.7 Å². The zero-order valence-corrected chi connectivity index (χ0v) is 10.8. The number of carbonyl (C=O) groups is 4. The van der Waals surface area contributed by atoms with Gasteiger partial charge in [-0.15, -0.1) is 0 Å². The average molecular weight is 298 g/mol. The van der Waals surface area contributed by atoms with Gasteiger partial charge in [0, 0.05) is 27.7 Å². The molecular weight excluding hydrogens is 275 g/mol. The van der Waals surface area contributed by atoms with Gasteiger partial charge in [-0.25, -0.2) is 0 Å². The van der Waals surface area contributed by atoms with Crippen molar-refractivity contribution in [3.05, 3.63) is 0 Å². The number of aliphatic carboxylic acids is 4. The monoisotopic (exact) mass is 298 g/mol. The van der Waals surface area contributed by atoms with Crippen LogP contribution in [0.25, 0.3) is 0 Å². The van der Waals surface area contributed by atoms with Crippen LogP contribution in [0.5, 0.6) is 0 Å². The maximum absolute atomic E-state index is 9.00. The van der Waals surface area contributed by atoms with Gasteiger partial charge in [-0.1, -0.05) is 0 Å². The Morgan fingerprint density at radius 2 is 0.526 bits per heavy atom. The van der Waals surface area contributed by atoms with E-state index in [0.717, 1.165) is 27.7 Å². The summed E-state index contributed by atoms with van der Waals surface area (Å²) in [7, 11) is 0. The predicted octanol–water partition coefficient (Wildman–Crippen LogP) is 0.0391. The topological polar surface area (TPSA) is 219 Å². The summed E-state index contributed by atoms with van der Waals surface area (Å²) in [5, 5.41) is 29.7. The first-order valence-corrected chi connectivity index (χ1v) is 3.71. The van der Waals surface area contributed by atoms with Crippen molar-refractivity contribution in [1.29, 1.82) is 0 Å². The molecule has 0 rings (SSSR count). The van der Waals surface area contributed by atoms with Crippen LogP contribution in [0.3, 0.4) is 0 Å². The van der Waals surface area contributed by atoms with E-state index in [4.69, 9.17) is 39.6 Å². The molecule has 0 aliphatic rings. The Morgan fingerprint density at radius 3 is 0.526 bits per heavy atom. The minimum absolute atomic E-state index is 0. The van der Waals surface area contributed by atoms with Crippen LogP contribution in [0.1, 0.15) is 27.7 Å². The Kier molecular flexibility index (Phi) is 81.5. The van der Waals surface area contributed by atoms with Crippen molar-refractivity contribution in [2.45, 2.75) is 27.7 Å². The van der Waals surface area contributed by atoms with Crippen molar-refractivity contribution >= 4 is 53.4 Å². The van der Waals surface area contributed by atoms with Gasteiger partial charge in [0.15, 0.2) is 0 Å². The van der Waals surface area contributed by atoms with Crippen LogP contribution in [0.15, 0.2) is 0 Å². The first kappa shape index (κ1) is 43.1. The van der Waals surface area contributed by atoms with Crippen molar-refractivity contribution in [3.8, 4) is 0 Å². The molecule has 0 aliphatic carbocycles. The van der Waals surface area contributed by atoms with E-state index in [1.54, 1.807) is 0 Å². The molecular formula is C8H23N2NaO8. The van der Waals surface area contributed by atoms with Gasteiger partial charge in [-0.2, -0.15) is 0 Å². The van der Waals surface area contributed by atoms with Crippen molar-refractivity contribution in [1.82, 2.24) is 12.3 Å². The van der Waals surface area contributed by atoms with Crippen LogP contribution in [-0.2, 0) is 19.2 Å². The predicted molar refractivity (Wildman–Crippen MR) is 70.4 cm³/mol. The summed E-state index contributed by atoms with van der Waals surface area (Å²) in [6.07, 6.45) is 0. The molecule has 0 unspecified atom stereocenters. The molecule has 0 radical (unpaired) electrons. The Balaban J connectivity index is -0.0000000192. The second kappa shape index (κ2) is 36.0. The molecule has 0 saturated heterocycles. The standard InChI is InChI=1S/4C2H4O2.2H3N.Na.H/c4*1-2(3)4;;;;/h4*1H3,(H,3,4);2*1H3;;. The van der Waals surface area contributed by atoms with Crippen molar-refractivity contribution in [2.24, 2.45) is 0 Å². The number of hydrogen-bond donors (Lipinski definition) is 6. The van der Waals surface area contributed by atoms with Crippen LogP contribution in [0.2, 0.25) is 0 Å². The fourth-order valence-electron chi connectivity index (χ4n) is 0. The maximum atomic E-state index is 9.00. The third-order valence-electron chi connectivity index (χ3n) is 0. The average Bonchev–Trinajstić information content (AvgIpc) is 1.76. The van der Waals surface area contributed by atoms with Crippen LogP contribution in [0, 0.1) is 0 Å². The summed E-state index contributed by atoms with van der Waals surface area (Å²) in [4.78, 5) is 36.0. The molecule has 0 atom stereocenters. The molecule has 0 spiro atoms. The zero-order chi connectivity index (χ0) is 14.3. The molecule has 0 aliphatic heterocycles. The van der Waals surface area contributed by atoms with Crippen LogP contribution < -0.4 is 12.3 Å². The Bertz CT molecular complexity index is 171. The number of rotatable bonds is 0. The molecule has 0 aromatic carbocycles. The molecule has 0 bridgehead atoms. The van der Waals surface area contributed by atoms with E-state index in [9.17, 15) is 0 Å². The van der Waals surface area contributed by atoms with Gasteiger partial charge in [-0.3, -0.25) is 19.2 Å². The fraction of sp³-hybridized carbons (Fsp3) is 0.500. The molecule has 11 heteroatoms. The van der Waals surface area contributed by atoms with Gasteiger partial charge in [0.2, 0.25) is 0 Å². The molecule has 0 aromatic rings. The van der Waals surface area contributed by atoms with E-state index in [2.05, 4.69) is 0 Å². The van der Waals surface area contributed by atoms with E-state index < -0.39 is 23.9 Å². The normalized spacial score (nSPS) is 5.26. The summed E-state index contributed by atoms with van der Waals surface area (Å²) in [5.74, 6) is -3.33. The third-order valence-corrected chi connectivity index (χ3v) is 0. The molecule has 0 heterocycles. The van der Waals surface area contributed by atoms with Gasteiger partial charge in [0.25, 0.3) is 23.9 Å². The molecule has 0 amide bonds. The van der Waals surface area contributed by atoms with E-state index in [0.29, 0.717) is 0 Å². The molecule has 0 aromatic heterocycles.